The number of benzene rings is 1. The third-order valence-corrected chi connectivity index (χ3v) is 6.07. The summed E-state index contributed by atoms with van der Waals surface area (Å²) in [6.45, 7) is 12.4. The smallest absolute Gasteiger partial charge is 0.247 e. The molecule has 3 atom stereocenters. The molecule has 0 radical (unpaired) electrons. The fourth-order valence-electron chi connectivity index (χ4n) is 4.28. The van der Waals surface area contributed by atoms with Crippen LogP contribution in [0.4, 0.5) is 0 Å². The highest BCUT2D eigenvalue weighted by atomic mass is 16.5. The number of aromatic nitrogens is 2. The molecule has 0 fully saturated rings. The predicted molar refractivity (Wildman–Crippen MR) is 117 cm³/mol. The van der Waals surface area contributed by atoms with Crippen molar-refractivity contribution in [2.75, 3.05) is 13.7 Å². The van der Waals surface area contributed by atoms with Crippen LogP contribution in [0.25, 0.3) is 11.5 Å². The maximum atomic E-state index is 5.99. The molecule has 3 rings (SSSR count). The molecule has 1 aliphatic carbocycles. The van der Waals surface area contributed by atoms with Gasteiger partial charge in [-0.05, 0) is 61.3 Å². The standard InChI is InChI=1S/C24H35N3O2/c1-15(2)22-12-19(17(5)11-20(22)14-25-16(3)4)13-23-26-27-24(29-23)18-7-9-21(28-6)10-8-18/h7-11,15-16,19-20,22,25H,12-14H2,1-6H3/t19-,20-,22-/m0/s1. The Hall–Kier alpha value is -2.14. The summed E-state index contributed by atoms with van der Waals surface area (Å²) < 4.78 is 11.2. The van der Waals surface area contributed by atoms with Crippen molar-refractivity contribution in [1.82, 2.24) is 15.5 Å². The van der Waals surface area contributed by atoms with Crippen LogP contribution < -0.4 is 10.1 Å². The SMILES string of the molecule is COc1ccc(-c2nnc(C[C@@H]3C[C@@H](C(C)C)[C@H](CNC(C)C)C=C3C)o2)cc1. The van der Waals surface area contributed by atoms with Gasteiger partial charge in [0.05, 0.1) is 7.11 Å². The van der Waals surface area contributed by atoms with Crippen LogP contribution in [0, 0.1) is 23.7 Å². The van der Waals surface area contributed by atoms with Crippen molar-refractivity contribution in [3.05, 3.63) is 41.8 Å². The second-order valence-electron chi connectivity index (χ2n) is 8.91. The van der Waals surface area contributed by atoms with Crippen LogP contribution in [0.3, 0.4) is 0 Å². The molecule has 0 spiro atoms. The Morgan fingerprint density at radius 1 is 1.14 bits per heavy atom. The van der Waals surface area contributed by atoms with Crippen molar-refractivity contribution < 1.29 is 9.15 Å². The van der Waals surface area contributed by atoms with E-state index >= 15 is 0 Å². The van der Waals surface area contributed by atoms with Gasteiger partial charge < -0.3 is 14.5 Å². The molecular formula is C24H35N3O2. The lowest BCUT2D eigenvalue weighted by atomic mass is 9.70. The fraction of sp³-hybridized carbons (Fsp3) is 0.583. The molecule has 0 aliphatic heterocycles. The van der Waals surface area contributed by atoms with E-state index in [1.807, 2.05) is 24.3 Å². The molecule has 0 amide bonds. The van der Waals surface area contributed by atoms with E-state index in [1.165, 1.54) is 12.0 Å². The van der Waals surface area contributed by atoms with Crippen LogP contribution in [0.15, 0.2) is 40.3 Å². The van der Waals surface area contributed by atoms with Gasteiger partial charge in [-0.2, -0.15) is 0 Å². The first-order chi connectivity index (χ1) is 13.9. The molecule has 158 valence electrons. The maximum Gasteiger partial charge on any atom is 0.247 e. The third kappa shape index (κ3) is 5.47. The Morgan fingerprint density at radius 2 is 1.86 bits per heavy atom. The Labute approximate surface area is 174 Å². The average Bonchev–Trinajstić information content (AvgIpc) is 3.16. The monoisotopic (exact) mass is 397 g/mol. The van der Waals surface area contributed by atoms with E-state index in [-0.39, 0.29) is 0 Å². The number of ether oxygens (including phenoxy) is 1. The summed E-state index contributed by atoms with van der Waals surface area (Å²) in [5, 5.41) is 12.2. The molecule has 0 saturated heterocycles. The maximum absolute atomic E-state index is 5.99. The van der Waals surface area contributed by atoms with Gasteiger partial charge in [-0.25, -0.2) is 0 Å². The highest BCUT2D eigenvalue weighted by Gasteiger charge is 2.32. The summed E-state index contributed by atoms with van der Waals surface area (Å²) in [5.74, 6) is 4.47. The number of nitrogens with zero attached hydrogens (tertiary/aromatic N) is 2. The van der Waals surface area contributed by atoms with E-state index in [0.29, 0.717) is 35.6 Å². The zero-order chi connectivity index (χ0) is 21.0. The number of rotatable bonds is 8. The number of hydrogen-bond acceptors (Lipinski definition) is 5. The van der Waals surface area contributed by atoms with Crippen molar-refractivity contribution in [2.24, 2.45) is 23.7 Å². The second-order valence-corrected chi connectivity index (χ2v) is 8.91. The first kappa shape index (κ1) is 21.6. The Bertz CT molecular complexity index is 808. The van der Waals surface area contributed by atoms with E-state index in [4.69, 9.17) is 9.15 Å². The van der Waals surface area contributed by atoms with Gasteiger partial charge in [0.2, 0.25) is 11.8 Å². The minimum absolute atomic E-state index is 0.460. The molecule has 29 heavy (non-hydrogen) atoms. The summed E-state index contributed by atoms with van der Waals surface area (Å²) in [6.07, 6.45) is 4.46. The van der Waals surface area contributed by atoms with Crippen molar-refractivity contribution >= 4 is 0 Å². The van der Waals surface area contributed by atoms with Crippen molar-refractivity contribution in [2.45, 2.75) is 53.5 Å². The largest absolute Gasteiger partial charge is 0.497 e. The third-order valence-electron chi connectivity index (χ3n) is 6.07. The molecule has 1 aliphatic rings. The van der Waals surface area contributed by atoms with Gasteiger partial charge in [0.25, 0.3) is 0 Å². The van der Waals surface area contributed by atoms with E-state index < -0.39 is 0 Å². The van der Waals surface area contributed by atoms with E-state index in [0.717, 1.165) is 30.2 Å². The quantitative estimate of drug-likeness (QED) is 0.625. The fourth-order valence-corrected chi connectivity index (χ4v) is 4.28. The Balaban J connectivity index is 1.71. The predicted octanol–water partition coefficient (Wildman–Crippen LogP) is 5.14. The topological polar surface area (TPSA) is 60.2 Å². The number of nitrogens with one attached hydrogen (secondary N) is 1. The van der Waals surface area contributed by atoms with Gasteiger partial charge in [0.1, 0.15) is 5.75 Å². The Morgan fingerprint density at radius 3 is 2.48 bits per heavy atom. The zero-order valence-corrected chi connectivity index (χ0v) is 18.6. The van der Waals surface area contributed by atoms with E-state index in [9.17, 15) is 0 Å². The van der Waals surface area contributed by atoms with Gasteiger partial charge in [0.15, 0.2) is 0 Å². The molecule has 1 aromatic heterocycles. The molecule has 1 N–H and O–H groups in total. The van der Waals surface area contributed by atoms with E-state index in [1.54, 1.807) is 7.11 Å². The second kappa shape index (κ2) is 9.57. The normalized spacial score (nSPS) is 22.2. The van der Waals surface area contributed by atoms with Crippen LogP contribution in [0.2, 0.25) is 0 Å². The first-order valence-electron chi connectivity index (χ1n) is 10.8. The highest BCUT2D eigenvalue weighted by molar-refractivity contribution is 5.53. The van der Waals surface area contributed by atoms with Crippen molar-refractivity contribution in [3.63, 3.8) is 0 Å². The number of methoxy groups -OCH3 is 1. The molecule has 5 heteroatoms. The average molecular weight is 398 g/mol. The molecule has 2 aromatic rings. The highest BCUT2D eigenvalue weighted by Crippen LogP contribution is 2.38. The lowest BCUT2D eigenvalue weighted by Gasteiger charge is -2.37. The molecule has 0 bridgehead atoms. The summed E-state index contributed by atoms with van der Waals surface area (Å²) in [7, 11) is 1.66. The van der Waals surface area contributed by atoms with Gasteiger partial charge in [0, 0.05) is 24.6 Å². The van der Waals surface area contributed by atoms with Gasteiger partial charge in [-0.1, -0.05) is 39.3 Å². The van der Waals surface area contributed by atoms with Gasteiger partial charge in [-0.15, -0.1) is 10.2 Å². The van der Waals surface area contributed by atoms with Crippen LogP contribution in [0.1, 0.15) is 46.9 Å². The summed E-state index contributed by atoms with van der Waals surface area (Å²) in [6, 6.07) is 8.23. The summed E-state index contributed by atoms with van der Waals surface area (Å²) in [4.78, 5) is 0. The molecule has 1 heterocycles. The van der Waals surface area contributed by atoms with Crippen molar-refractivity contribution in [1.29, 1.82) is 0 Å². The lowest BCUT2D eigenvalue weighted by Crippen LogP contribution is -2.37. The first-order valence-corrected chi connectivity index (χ1v) is 10.8. The number of hydrogen-bond donors (Lipinski definition) is 1. The molecule has 1 aromatic carbocycles. The minimum atomic E-state index is 0.460. The van der Waals surface area contributed by atoms with Gasteiger partial charge >= 0.3 is 0 Å². The molecular weight excluding hydrogens is 362 g/mol. The molecule has 5 nitrogen and oxygen atoms in total. The lowest BCUT2D eigenvalue weighted by molar-refractivity contribution is 0.216. The molecule has 0 saturated carbocycles. The zero-order valence-electron chi connectivity index (χ0n) is 18.6. The van der Waals surface area contributed by atoms with Crippen LogP contribution in [-0.4, -0.2) is 29.9 Å². The summed E-state index contributed by atoms with van der Waals surface area (Å²) in [5.41, 5.74) is 2.36. The van der Waals surface area contributed by atoms with E-state index in [2.05, 4.69) is 56.2 Å². The Kier molecular flexibility index (Phi) is 7.12. The van der Waals surface area contributed by atoms with Crippen LogP contribution >= 0.6 is 0 Å². The number of allylic oxidation sites excluding steroid dienone is 1. The van der Waals surface area contributed by atoms with Crippen LogP contribution in [0.5, 0.6) is 5.75 Å². The molecule has 0 unspecified atom stereocenters. The van der Waals surface area contributed by atoms with Crippen molar-refractivity contribution in [3.8, 4) is 17.2 Å². The van der Waals surface area contributed by atoms with Gasteiger partial charge in [-0.3, -0.25) is 0 Å². The van der Waals surface area contributed by atoms with Crippen LogP contribution in [-0.2, 0) is 6.42 Å². The minimum Gasteiger partial charge on any atom is -0.497 e. The summed E-state index contributed by atoms with van der Waals surface area (Å²) >= 11 is 0.